The minimum Gasteiger partial charge on any atom is -0.282 e. The second kappa shape index (κ2) is 3.56. The van der Waals surface area contributed by atoms with Gasteiger partial charge >= 0.3 is 0 Å². The van der Waals surface area contributed by atoms with E-state index in [9.17, 15) is 8.42 Å². The predicted octanol–water partition coefficient (Wildman–Crippen LogP) is 0.999. The van der Waals surface area contributed by atoms with E-state index in [0.717, 1.165) is 0 Å². The molecule has 0 amide bonds. The van der Waals surface area contributed by atoms with Crippen LogP contribution in [-0.4, -0.2) is 13.0 Å². The van der Waals surface area contributed by atoms with Crippen LogP contribution in [0.1, 0.15) is 5.56 Å². The normalized spacial score (nSPS) is 10.8. The zero-order chi connectivity index (χ0) is 9.90. The molecule has 0 atom stereocenters. The van der Waals surface area contributed by atoms with Crippen molar-refractivity contribution in [2.24, 2.45) is 0 Å². The van der Waals surface area contributed by atoms with Gasteiger partial charge in [-0.2, -0.15) is 13.7 Å². The molecule has 0 spiro atoms. The van der Waals surface area contributed by atoms with Gasteiger partial charge in [0.1, 0.15) is 0 Å². The molecule has 0 heterocycles. The summed E-state index contributed by atoms with van der Waals surface area (Å²) in [6, 6.07) is 7.68. The zero-order valence-corrected chi connectivity index (χ0v) is 7.45. The summed E-state index contributed by atoms with van der Waals surface area (Å²) in [7, 11) is -4.21. The van der Waals surface area contributed by atoms with Crippen molar-refractivity contribution in [1.82, 2.24) is 0 Å². The molecular formula is C8H7NO3S. The summed E-state index contributed by atoms with van der Waals surface area (Å²) in [5.41, 5.74) is 0.313. The van der Waals surface area contributed by atoms with Gasteiger partial charge in [-0.3, -0.25) is 4.55 Å². The van der Waals surface area contributed by atoms with Gasteiger partial charge in [0.15, 0.2) is 0 Å². The van der Waals surface area contributed by atoms with Gasteiger partial charge < -0.3 is 0 Å². The number of nitrogens with zero attached hydrogens (tertiary/aromatic N) is 1. The lowest BCUT2D eigenvalue weighted by Gasteiger charge is -2.01. The van der Waals surface area contributed by atoms with Gasteiger partial charge in [-0.05, 0) is 11.6 Å². The third-order valence-corrected chi connectivity index (χ3v) is 2.47. The number of hydrogen-bond donors (Lipinski definition) is 1. The SMILES string of the molecule is N#CCc1ccccc1S(=O)(=O)O. The minimum atomic E-state index is -4.21. The summed E-state index contributed by atoms with van der Waals surface area (Å²) in [5.74, 6) is 0. The van der Waals surface area contributed by atoms with Crippen LogP contribution < -0.4 is 0 Å². The third-order valence-electron chi connectivity index (χ3n) is 1.52. The Morgan fingerprint density at radius 2 is 2.00 bits per heavy atom. The minimum absolute atomic E-state index is 0.0318. The van der Waals surface area contributed by atoms with E-state index in [-0.39, 0.29) is 11.3 Å². The Hall–Kier alpha value is -1.38. The van der Waals surface area contributed by atoms with Crippen molar-refractivity contribution in [3.63, 3.8) is 0 Å². The molecule has 0 saturated carbocycles. The van der Waals surface area contributed by atoms with Gasteiger partial charge in [0, 0.05) is 0 Å². The van der Waals surface area contributed by atoms with E-state index in [1.54, 1.807) is 6.07 Å². The summed E-state index contributed by atoms with van der Waals surface area (Å²) < 4.78 is 30.3. The average molecular weight is 197 g/mol. The maximum Gasteiger partial charge on any atom is 0.294 e. The highest BCUT2D eigenvalue weighted by Crippen LogP contribution is 2.14. The fourth-order valence-electron chi connectivity index (χ4n) is 0.987. The van der Waals surface area contributed by atoms with Crippen LogP contribution in [0.3, 0.4) is 0 Å². The maximum absolute atomic E-state index is 10.8. The molecule has 1 N–H and O–H groups in total. The second-order valence-electron chi connectivity index (χ2n) is 2.42. The van der Waals surface area contributed by atoms with Crippen LogP contribution in [0.15, 0.2) is 29.2 Å². The molecule has 0 fully saturated rings. The highest BCUT2D eigenvalue weighted by molar-refractivity contribution is 7.85. The lowest BCUT2D eigenvalue weighted by Crippen LogP contribution is -2.02. The Balaban J connectivity index is 3.30. The number of benzene rings is 1. The summed E-state index contributed by atoms with van der Waals surface area (Å²) in [4.78, 5) is -0.198. The van der Waals surface area contributed by atoms with Crippen molar-refractivity contribution in [2.45, 2.75) is 11.3 Å². The average Bonchev–Trinajstić information content (AvgIpc) is 2.04. The molecule has 0 aliphatic rings. The maximum atomic E-state index is 10.8. The summed E-state index contributed by atoms with van der Waals surface area (Å²) in [5, 5.41) is 8.38. The molecule has 68 valence electrons. The molecule has 0 aliphatic heterocycles. The number of nitriles is 1. The molecule has 1 aromatic carbocycles. The van der Waals surface area contributed by atoms with Crippen LogP contribution in [0.5, 0.6) is 0 Å². The number of hydrogen-bond acceptors (Lipinski definition) is 3. The van der Waals surface area contributed by atoms with E-state index in [2.05, 4.69) is 0 Å². The highest BCUT2D eigenvalue weighted by atomic mass is 32.2. The van der Waals surface area contributed by atoms with E-state index in [1.165, 1.54) is 18.2 Å². The first-order valence-electron chi connectivity index (χ1n) is 3.48. The second-order valence-corrected chi connectivity index (χ2v) is 3.81. The smallest absolute Gasteiger partial charge is 0.282 e. The van der Waals surface area contributed by atoms with Crippen molar-refractivity contribution in [1.29, 1.82) is 5.26 Å². The third kappa shape index (κ3) is 2.28. The van der Waals surface area contributed by atoms with Crippen LogP contribution in [0.4, 0.5) is 0 Å². The Morgan fingerprint density at radius 3 is 2.54 bits per heavy atom. The zero-order valence-electron chi connectivity index (χ0n) is 6.64. The van der Waals surface area contributed by atoms with Crippen molar-refractivity contribution in [3.8, 4) is 6.07 Å². The standard InChI is InChI=1S/C8H7NO3S/c9-6-5-7-3-1-2-4-8(7)13(10,11)12/h1-4H,5H2,(H,10,11,12). The molecule has 0 unspecified atom stereocenters. The molecule has 0 saturated heterocycles. The monoisotopic (exact) mass is 197 g/mol. The van der Waals surface area contributed by atoms with Crippen LogP contribution in [0, 0.1) is 11.3 Å². The fourth-order valence-corrected chi connectivity index (χ4v) is 1.71. The Morgan fingerprint density at radius 1 is 1.38 bits per heavy atom. The molecule has 0 bridgehead atoms. The van der Waals surface area contributed by atoms with Crippen molar-refractivity contribution in [3.05, 3.63) is 29.8 Å². The molecule has 1 rings (SSSR count). The van der Waals surface area contributed by atoms with Crippen molar-refractivity contribution >= 4 is 10.1 Å². The molecular weight excluding hydrogens is 190 g/mol. The Bertz CT molecular complexity index is 445. The topological polar surface area (TPSA) is 78.2 Å². The van der Waals surface area contributed by atoms with Crippen LogP contribution in [0.2, 0.25) is 0 Å². The van der Waals surface area contributed by atoms with Gasteiger partial charge in [-0.25, -0.2) is 0 Å². The van der Waals surface area contributed by atoms with Gasteiger partial charge in [-0.15, -0.1) is 0 Å². The van der Waals surface area contributed by atoms with Gasteiger partial charge in [-0.1, -0.05) is 18.2 Å². The summed E-state index contributed by atoms with van der Waals surface area (Å²) >= 11 is 0. The van der Waals surface area contributed by atoms with Crippen molar-refractivity contribution in [2.75, 3.05) is 0 Å². The summed E-state index contributed by atoms with van der Waals surface area (Å²) in [6.45, 7) is 0. The number of rotatable bonds is 2. The predicted molar refractivity (Wildman–Crippen MR) is 45.6 cm³/mol. The summed E-state index contributed by atoms with van der Waals surface area (Å²) in [6.07, 6.45) is -0.0318. The van der Waals surface area contributed by atoms with E-state index in [1.807, 2.05) is 6.07 Å². The first-order valence-corrected chi connectivity index (χ1v) is 4.92. The quantitative estimate of drug-likeness (QED) is 0.717. The van der Waals surface area contributed by atoms with Crippen LogP contribution >= 0.6 is 0 Å². The first kappa shape index (κ1) is 9.71. The van der Waals surface area contributed by atoms with Gasteiger partial charge in [0.05, 0.1) is 17.4 Å². The van der Waals surface area contributed by atoms with Crippen molar-refractivity contribution < 1.29 is 13.0 Å². The molecule has 0 radical (unpaired) electrons. The first-order chi connectivity index (χ1) is 6.05. The molecule has 0 aliphatic carbocycles. The molecule has 0 aromatic heterocycles. The van der Waals surface area contributed by atoms with E-state index in [4.69, 9.17) is 9.81 Å². The van der Waals surface area contributed by atoms with E-state index < -0.39 is 10.1 Å². The fraction of sp³-hybridized carbons (Fsp3) is 0.125. The molecule has 5 heteroatoms. The largest absolute Gasteiger partial charge is 0.294 e. The lowest BCUT2D eigenvalue weighted by molar-refractivity contribution is 0.482. The van der Waals surface area contributed by atoms with Gasteiger partial charge in [0.25, 0.3) is 10.1 Å². The molecule has 1 aromatic rings. The molecule has 13 heavy (non-hydrogen) atoms. The van der Waals surface area contributed by atoms with E-state index >= 15 is 0 Å². The molecule has 4 nitrogen and oxygen atoms in total. The van der Waals surface area contributed by atoms with Gasteiger partial charge in [0.2, 0.25) is 0 Å². The lowest BCUT2D eigenvalue weighted by atomic mass is 10.2. The van der Waals surface area contributed by atoms with Crippen LogP contribution in [-0.2, 0) is 16.5 Å². The Kier molecular flexibility index (Phi) is 2.66. The van der Waals surface area contributed by atoms with E-state index in [0.29, 0.717) is 5.56 Å². The Labute approximate surface area is 76.2 Å². The highest BCUT2D eigenvalue weighted by Gasteiger charge is 2.13. The van der Waals surface area contributed by atoms with Crippen LogP contribution in [0.25, 0.3) is 0 Å².